The summed E-state index contributed by atoms with van der Waals surface area (Å²) < 4.78 is 0. The quantitative estimate of drug-likeness (QED) is 0.622. The van der Waals surface area contributed by atoms with Crippen LogP contribution < -0.4 is 0 Å². The van der Waals surface area contributed by atoms with Crippen LogP contribution in [-0.4, -0.2) is 11.3 Å². The Labute approximate surface area is 126 Å². The van der Waals surface area contributed by atoms with Crippen LogP contribution >= 0.6 is 23.2 Å². The summed E-state index contributed by atoms with van der Waals surface area (Å²) in [5.41, 5.74) is 2.51. The Morgan fingerprint density at radius 1 is 0.950 bits per heavy atom. The third kappa shape index (κ3) is 2.17. The maximum atomic E-state index is 11.3. The molecule has 0 atom stereocenters. The van der Waals surface area contributed by atoms with Gasteiger partial charge in [-0.15, -0.1) is 0 Å². The summed E-state index contributed by atoms with van der Waals surface area (Å²) in [5.74, 6) is 0. The van der Waals surface area contributed by atoms with Crippen molar-refractivity contribution in [3.8, 4) is 11.3 Å². The van der Waals surface area contributed by atoms with Crippen LogP contribution in [0.1, 0.15) is 10.4 Å². The molecule has 4 heteroatoms. The van der Waals surface area contributed by atoms with Crippen molar-refractivity contribution >= 4 is 40.4 Å². The molecule has 0 unspecified atom stereocenters. The summed E-state index contributed by atoms with van der Waals surface area (Å²) in [6, 6.07) is 14.5. The molecule has 0 aliphatic rings. The molecule has 2 aromatic carbocycles. The minimum Gasteiger partial charge on any atom is -0.298 e. The summed E-state index contributed by atoms with van der Waals surface area (Å²) in [7, 11) is 0. The van der Waals surface area contributed by atoms with Crippen LogP contribution in [0, 0.1) is 0 Å². The van der Waals surface area contributed by atoms with Crippen molar-refractivity contribution in [1.29, 1.82) is 0 Å². The molecule has 0 spiro atoms. The minimum atomic E-state index is 0.471. The van der Waals surface area contributed by atoms with Crippen LogP contribution in [0.3, 0.4) is 0 Å². The van der Waals surface area contributed by atoms with Gasteiger partial charge >= 0.3 is 0 Å². The Hall–Kier alpha value is -1.90. The molecule has 0 aliphatic heterocycles. The number of benzene rings is 2. The van der Waals surface area contributed by atoms with Crippen LogP contribution in [0.4, 0.5) is 0 Å². The first-order valence-electron chi connectivity index (χ1n) is 6.00. The monoisotopic (exact) mass is 301 g/mol. The Morgan fingerprint density at radius 3 is 2.45 bits per heavy atom. The fourth-order valence-corrected chi connectivity index (χ4v) is 2.58. The normalized spacial score (nSPS) is 10.7. The number of hydrogen-bond acceptors (Lipinski definition) is 2. The number of rotatable bonds is 2. The van der Waals surface area contributed by atoms with Crippen molar-refractivity contribution in [2.24, 2.45) is 0 Å². The van der Waals surface area contributed by atoms with Gasteiger partial charge in [-0.05, 0) is 24.3 Å². The highest BCUT2D eigenvalue weighted by Gasteiger charge is 2.12. The van der Waals surface area contributed by atoms with Gasteiger partial charge in [-0.2, -0.15) is 0 Å². The lowest BCUT2D eigenvalue weighted by atomic mass is 10.0. The number of aromatic nitrogens is 1. The minimum absolute atomic E-state index is 0.471. The van der Waals surface area contributed by atoms with E-state index in [1.807, 2.05) is 30.3 Å². The molecular weight excluding hydrogens is 293 g/mol. The third-order valence-corrected chi connectivity index (χ3v) is 3.75. The van der Waals surface area contributed by atoms with Crippen molar-refractivity contribution in [3.63, 3.8) is 0 Å². The van der Waals surface area contributed by atoms with Crippen LogP contribution in [-0.2, 0) is 0 Å². The molecule has 1 heterocycles. The first-order valence-corrected chi connectivity index (χ1v) is 6.75. The van der Waals surface area contributed by atoms with E-state index in [9.17, 15) is 4.79 Å². The van der Waals surface area contributed by atoms with E-state index in [-0.39, 0.29) is 0 Å². The fraction of sp³-hybridized carbons (Fsp3) is 0. The zero-order valence-electron chi connectivity index (χ0n) is 10.3. The lowest BCUT2D eigenvalue weighted by Gasteiger charge is -2.09. The molecule has 0 bridgehead atoms. The van der Waals surface area contributed by atoms with Gasteiger partial charge in [0.25, 0.3) is 0 Å². The molecule has 0 amide bonds. The molecule has 1 aromatic heterocycles. The maximum Gasteiger partial charge on any atom is 0.152 e. The molecule has 3 rings (SSSR count). The number of pyridine rings is 1. The van der Waals surface area contributed by atoms with Crippen molar-refractivity contribution in [3.05, 3.63) is 64.1 Å². The molecular formula is C16H9Cl2NO. The standard InChI is InChI=1S/C16H9Cl2NO/c17-13-5-2-1-4-11(13)16-10(9-20)8-12-14(18)6-3-7-15(12)19-16/h1-9H. The highest BCUT2D eigenvalue weighted by Crippen LogP contribution is 2.32. The summed E-state index contributed by atoms with van der Waals surface area (Å²) in [6.07, 6.45) is 0.772. The van der Waals surface area contributed by atoms with E-state index >= 15 is 0 Å². The second-order valence-electron chi connectivity index (χ2n) is 4.33. The molecule has 0 saturated carbocycles. The van der Waals surface area contributed by atoms with Crippen LogP contribution in [0.2, 0.25) is 10.0 Å². The van der Waals surface area contributed by atoms with Gasteiger partial charge in [-0.25, -0.2) is 4.98 Å². The van der Waals surface area contributed by atoms with E-state index in [1.165, 1.54) is 0 Å². The second kappa shape index (κ2) is 5.23. The molecule has 2 nitrogen and oxygen atoms in total. The molecule has 0 fully saturated rings. The van der Waals surface area contributed by atoms with E-state index in [4.69, 9.17) is 23.2 Å². The lowest BCUT2D eigenvalue weighted by molar-refractivity contribution is 0.112. The topological polar surface area (TPSA) is 30.0 Å². The van der Waals surface area contributed by atoms with E-state index in [0.717, 1.165) is 22.8 Å². The lowest BCUT2D eigenvalue weighted by Crippen LogP contribution is -1.94. The van der Waals surface area contributed by atoms with Crippen LogP contribution in [0.25, 0.3) is 22.2 Å². The molecule has 0 N–H and O–H groups in total. The average molecular weight is 302 g/mol. The van der Waals surface area contributed by atoms with Gasteiger partial charge in [0, 0.05) is 26.6 Å². The highest BCUT2D eigenvalue weighted by atomic mass is 35.5. The molecule has 3 aromatic rings. The highest BCUT2D eigenvalue weighted by molar-refractivity contribution is 6.35. The smallest absolute Gasteiger partial charge is 0.152 e. The van der Waals surface area contributed by atoms with Crippen molar-refractivity contribution < 1.29 is 4.79 Å². The Balaban J connectivity index is 2.36. The van der Waals surface area contributed by atoms with Gasteiger partial charge in [-0.1, -0.05) is 47.5 Å². The molecule has 0 saturated heterocycles. The summed E-state index contributed by atoms with van der Waals surface area (Å²) in [5, 5.41) is 1.89. The Morgan fingerprint density at radius 2 is 1.70 bits per heavy atom. The predicted molar refractivity (Wildman–Crippen MR) is 82.6 cm³/mol. The number of carbonyl (C=O) groups excluding carboxylic acids is 1. The van der Waals surface area contributed by atoms with Gasteiger partial charge in [0.05, 0.1) is 11.2 Å². The first kappa shape index (κ1) is 13.1. The summed E-state index contributed by atoms with van der Waals surface area (Å²) in [6.45, 7) is 0. The number of aldehydes is 1. The SMILES string of the molecule is O=Cc1cc2c(Cl)cccc2nc1-c1ccccc1Cl. The molecule has 0 radical (unpaired) electrons. The van der Waals surface area contributed by atoms with E-state index in [1.54, 1.807) is 18.2 Å². The maximum absolute atomic E-state index is 11.3. The van der Waals surface area contributed by atoms with Crippen LogP contribution in [0.15, 0.2) is 48.5 Å². The molecule has 98 valence electrons. The number of fused-ring (bicyclic) bond motifs is 1. The largest absolute Gasteiger partial charge is 0.298 e. The van der Waals surface area contributed by atoms with E-state index < -0.39 is 0 Å². The third-order valence-electron chi connectivity index (χ3n) is 3.09. The van der Waals surface area contributed by atoms with Gasteiger partial charge in [-0.3, -0.25) is 4.79 Å². The van der Waals surface area contributed by atoms with E-state index in [2.05, 4.69) is 4.98 Å². The number of hydrogen-bond donors (Lipinski definition) is 0. The summed E-state index contributed by atoms with van der Waals surface area (Å²) in [4.78, 5) is 15.9. The second-order valence-corrected chi connectivity index (χ2v) is 5.14. The van der Waals surface area contributed by atoms with Crippen molar-refractivity contribution in [1.82, 2.24) is 4.98 Å². The number of nitrogens with zero attached hydrogens (tertiary/aromatic N) is 1. The summed E-state index contributed by atoms with van der Waals surface area (Å²) >= 11 is 12.3. The molecule has 20 heavy (non-hydrogen) atoms. The van der Waals surface area contributed by atoms with E-state index in [0.29, 0.717) is 21.3 Å². The van der Waals surface area contributed by atoms with Gasteiger partial charge in [0.1, 0.15) is 0 Å². The number of halogens is 2. The van der Waals surface area contributed by atoms with Crippen LogP contribution in [0.5, 0.6) is 0 Å². The molecule has 0 aliphatic carbocycles. The van der Waals surface area contributed by atoms with Gasteiger partial charge in [0.15, 0.2) is 6.29 Å². The van der Waals surface area contributed by atoms with Crippen molar-refractivity contribution in [2.45, 2.75) is 0 Å². The van der Waals surface area contributed by atoms with Crippen molar-refractivity contribution in [2.75, 3.05) is 0 Å². The zero-order valence-corrected chi connectivity index (χ0v) is 11.8. The predicted octanol–water partition coefficient (Wildman–Crippen LogP) is 5.02. The van der Waals surface area contributed by atoms with Gasteiger partial charge < -0.3 is 0 Å². The first-order chi connectivity index (χ1) is 9.70. The fourth-order valence-electron chi connectivity index (χ4n) is 2.13. The Bertz CT molecular complexity index is 815. The number of carbonyl (C=O) groups is 1. The average Bonchev–Trinajstić information content (AvgIpc) is 2.47. The van der Waals surface area contributed by atoms with Gasteiger partial charge in [0.2, 0.25) is 0 Å². The Kier molecular flexibility index (Phi) is 3.43. The zero-order chi connectivity index (χ0) is 14.1.